The predicted octanol–water partition coefficient (Wildman–Crippen LogP) is 1.79. The number of benzene rings is 1. The summed E-state index contributed by atoms with van der Waals surface area (Å²) in [5.74, 6) is -0.573. The van der Waals surface area contributed by atoms with E-state index in [4.69, 9.17) is 0 Å². The molecule has 1 unspecified atom stereocenters. The Morgan fingerprint density at radius 3 is 2.31 bits per heavy atom. The van der Waals surface area contributed by atoms with Crippen LogP contribution in [0.5, 0.6) is 0 Å². The number of hydrogen-bond donors (Lipinski definition) is 1. The second kappa shape index (κ2) is 7.89. The van der Waals surface area contributed by atoms with Gasteiger partial charge in [0.05, 0.1) is 6.54 Å². The summed E-state index contributed by atoms with van der Waals surface area (Å²) >= 11 is 0. The van der Waals surface area contributed by atoms with Gasteiger partial charge < -0.3 is 15.1 Å². The van der Waals surface area contributed by atoms with Crippen LogP contribution in [0.4, 0.5) is 0 Å². The molecule has 142 valence electrons. The average molecular weight is 359 g/mol. The standard InChI is InChI=1S/C20H29N3O3/c1-20(2,3)15-10-8-14(9-11-15)18(25)21-13-17(24)23-12-6-7-16(23)19(26)22(4)5/h8-11,16H,6-7,12-13H2,1-5H3,(H,21,25). The molecule has 1 saturated heterocycles. The number of amides is 3. The van der Waals surface area contributed by atoms with Gasteiger partial charge in [-0.25, -0.2) is 0 Å². The molecule has 0 radical (unpaired) electrons. The Bertz CT molecular complexity index is 675. The van der Waals surface area contributed by atoms with E-state index in [1.54, 1.807) is 31.1 Å². The zero-order chi connectivity index (χ0) is 19.5. The van der Waals surface area contributed by atoms with E-state index in [1.807, 2.05) is 12.1 Å². The fourth-order valence-electron chi connectivity index (χ4n) is 3.10. The molecular weight excluding hydrogens is 330 g/mol. The number of nitrogens with zero attached hydrogens (tertiary/aromatic N) is 2. The van der Waals surface area contributed by atoms with Gasteiger partial charge in [-0.15, -0.1) is 0 Å². The van der Waals surface area contributed by atoms with Crippen molar-refractivity contribution in [1.82, 2.24) is 15.1 Å². The van der Waals surface area contributed by atoms with Crippen LogP contribution in [0.25, 0.3) is 0 Å². The van der Waals surface area contributed by atoms with Gasteiger partial charge in [0.1, 0.15) is 6.04 Å². The number of likely N-dealkylation sites (tertiary alicyclic amines) is 1. The van der Waals surface area contributed by atoms with Crippen LogP contribution >= 0.6 is 0 Å². The summed E-state index contributed by atoms with van der Waals surface area (Å²) < 4.78 is 0. The molecule has 1 N–H and O–H groups in total. The molecular formula is C20H29N3O3. The van der Waals surface area contributed by atoms with Crippen molar-refractivity contribution in [3.05, 3.63) is 35.4 Å². The lowest BCUT2D eigenvalue weighted by molar-refractivity contribution is -0.141. The van der Waals surface area contributed by atoms with Crippen molar-refractivity contribution in [1.29, 1.82) is 0 Å². The Labute approximate surface area is 155 Å². The third kappa shape index (κ3) is 4.62. The Balaban J connectivity index is 1.94. The maximum absolute atomic E-state index is 12.4. The molecule has 1 fully saturated rings. The summed E-state index contributed by atoms with van der Waals surface area (Å²) in [7, 11) is 3.37. The number of carbonyl (C=O) groups excluding carboxylic acids is 3. The van der Waals surface area contributed by atoms with Gasteiger partial charge >= 0.3 is 0 Å². The number of hydrogen-bond acceptors (Lipinski definition) is 3. The van der Waals surface area contributed by atoms with Crippen molar-refractivity contribution in [2.24, 2.45) is 0 Å². The van der Waals surface area contributed by atoms with Crippen LogP contribution < -0.4 is 5.32 Å². The van der Waals surface area contributed by atoms with Crippen LogP contribution in [-0.4, -0.2) is 60.7 Å². The van der Waals surface area contributed by atoms with Crippen LogP contribution in [0, 0.1) is 0 Å². The summed E-state index contributed by atoms with van der Waals surface area (Å²) in [5.41, 5.74) is 1.69. The van der Waals surface area contributed by atoms with Crippen molar-refractivity contribution >= 4 is 17.7 Å². The summed E-state index contributed by atoms with van der Waals surface area (Å²) in [6, 6.07) is 7.00. The van der Waals surface area contributed by atoms with Gasteiger partial charge in [0.25, 0.3) is 5.91 Å². The molecule has 3 amide bonds. The molecule has 0 aliphatic carbocycles. The van der Waals surface area contributed by atoms with Crippen molar-refractivity contribution < 1.29 is 14.4 Å². The first-order valence-electron chi connectivity index (χ1n) is 9.00. The molecule has 0 aromatic heterocycles. The monoisotopic (exact) mass is 359 g/mol. The topological polar surface area (TPSA) is 69.7 Å². The Kier molecular flexibility index (Phi) is 6.05. The van der Waals surface area contributed by atoms with E-state index in [9.17, 15) is 14.4 Å². The smallest absolute Gasteiger partial charge is 0.251 e. The van der Waals surface area contributed by atoms with Gasteiger partial charge in [0.15, 0.2) is 0 Å². The van der Waals surface area contributed by atoms with E-state index >= 15 is 0 Å². The zero-order valence-electron chi connectivity index (χ0n) is 16.3. The molecule has 26 heavy (non-hydrogen) atoms. The zero-order valence-corrected chi connectivity index (χ0v) is 16.3. The van der Waals surface area contributed by atoms with Crippen LogP contribution in [0.1, 0.15) is 49.5 Å². The van der Waals surface area contributed by atoms with Crippen molar-refractivity contribution in [2.45, 2.75) is 45.1 Å². The van der Waals surface area contributed by atoms with E-state index < -0.39 is 6.04 Å². The van der Waals surface area contributed by atoms with Crippen LogP contribution in [0.3, 0.4) is 0 Å². The molecule has 6 heteroatoms. The highest BCUT2D eigenvalue weighted by molar-refractivity contribution is 5.97. The molecule has 2 rings (SSSR count). The van der Waals surface area contributed by atoms with Gasteiger partial charge in [0, 0.05) is 26.2 Å². The lowest BCUT2D eigenvalue weighted by atomic mass is 9.87. The molecule has 1 heterocycles. The van der Waals surface area contributed by atoms with Gasteiger partial charge in [-0.2, -0.15) is 0 Å². The maximum atomic E-state index is 12.4. The second-order valence-electron chi connectivity index (χ2n) is 7.99. The molecule has 1 aromatic carbocycles. The number of carbonyl (C=O) groups is 3. The highest BCUT2D eigenvalue weighted by Gasteiger charge is 2.34. The summed E-state index contributed by atoms with van der Waals surface area (Å²) in [4.78, 5) is 40.0. The van der Waals surface area contributed by atoms with E-state index in [0.717, 1.165) is 12.0 Å². The van der Waals surface area contributed by atoms with Gasteiger partial charge in [-0.1, -0.05) is 32.9 Å². The van der Waals surface area contributed by atoms with E-state index in [-0.39, 0.29) is 29.7 Å². The molecule has 1 atom stereocenters. The van der Waals surface area contributed by atoms with E-state index in [2.05, 4.69) is 26.1 Å². The number of nitrogens with one attached hydrogen (secondary N) is 1. The first-order chi connectivity index (χ1) is 12.1. The third-order valence-corrected chi connectivity index (χ3v) is 4.71. The Morgan fingerprint density at radius 2 is 1.77 bits per heavy atom. The normalized spacial score (nSPS) is 17.1. The van der Waals surface area contributed by atoms with Crippen molar-refractivity contribution in [3.8, 4) is 0 Å². The molecule has 1 aliphatic heterocycles. The first kappa shape index (κ1) is 19.9. The molecule has 0 bridgehead atoms. The highest BCUT2D eigenvalue weighted by atomic mass is 16.2. The second-order valence-corrected chi connectivity index (χ2v) is 7.99. The number of rotatable bonds is 4. The fraction of sp³-hybridized carbons (Fsp3) is 0.550. The summed E-state index contributed by atoms with van der Waals surface area (Å²) in [5, 5.41) is 2.67. The van der Waals surface area contributed by atoms with Crippen LogP contribution in [-0.2, 0) is 15.0 Å². The van der Waals surface area contributed by atoms with Crippen LogP contribution in [0.2, 0.25) is 0 Å². The third-order valence-electron chi connectivity index (χ3n) is 4.71. The number of likely N-dealkylation sites (N-methyl/N-ethyl adjacent to an activating group) is 1. The molecule has 0 saturated carbocycles. The molecule has 0 spiro atoms. The minimum atomic E-state index is -0.416. The van der Waals surface area contributed by atoms with E-state index in [0.29, 0.717) is 18.5 Å². The summed E-state index contributed by atoms with van der Waals surface area (Å²) in [6.45, 7) is 6.79. The van der Waals surface area contributed by atoms with Gasteiger partial charge in [-0.05, 0) is 36.0 Å². The highest BCUT2D eigenvalue weighted by Crippen LogP contribution is 2.22. The lowest BCUT2D eigenvalue weighted by Crippen LogP contribution is -2.48. The SMILES string of the molecule is CN(C)C(=O)C1CCCN1C(=O)CNC(=O)c1ccc(C(C)(C)C)cc1. The Morgan fingerprint density at radius 1 is 1.15 bits per heavy atom. The minimum absolute atomic E-state index is 0.0225. The van der Waals surface area contributed by atoms with Crippen LogP contribution in [0.15, 0.2) is 24.3 Å². The molecule has 6 nitrogen and oxygen atoms in total. The van der Waals surface area contributed by atoms with Gasteiger partial charge in [-0.3, -0.25) is 14.4 Å². The first-order valence-corrected chi connectivity index (χ1v) is 9.00. The predicted molar refractivity (Wildman–Crippen MR) is 101 cm³/mol. The quantitative estimate of drug-likeness (QED) is 0.891. The lowest BCUT2D eigenvalue weighted by Gasteiger charge is -2.26. The molecule has 1 aromatic rings. The minimum Gasteiger partial charge on any atom is -0.347 e. The maximum Gasteiger partial charge on any atom is 0.251 e. The fourth-order valence-corrected chi connectivity index (χ4v) is 3.10. The van der Waals surface area contributed by atoms with Gasteiger partial charge in [0.2, 0.25) is 11.8 Å². The van der Waals surface area contributed by atoms with Crippen molar-refractivity contribution in [2.75, 3.05) is 27.2 Å². The average Bonchev–Trinajstić information content (AvgIpc) is 3.07. The van der Waals surface area contributed by atoms with Crippen molar-refractivity contribution in [3.63, 3.8) is 0 Å². The van der Waals surface area contributed by atoms with E-state index in [1.165, 1.54) is 4.90 Å². The largest absolute Gasteiger partial charge is 0.347 e. The summed E-state index contributed by atoms with van der Waals surface area (Å²) in [6.07, 6.45) is 1.48. The Hall–Kier alpha value is -2.37. The molecule has 1 aliphatic rings.